The Morgan fingerprint density at radius 2 is 1.80 bits per heavy atom. The number of rotatable bonds is 5. The second-order valence-electron chi connectivity index (χ2n) is 9.06. The molecule has 1 N–H and O–H groups in total. The van der Waals surface area contributed by atoms with E-state index in [9.17, 15) is 14.4 Å². The molecule has 2 heterocycles. The van der Waals surface area contributed by atoms with Gasteiger partial charge in [0.15, 0.2) is 5.78 Å². The summed E-state index contributed by atoms with van der Waals surface area (Å²) < 4.78 is 0. The number of hydrogen-bond donors (Lipinski definition) is 1. The third-order valence-electron chi connectivity index (χ3n) is 5.67. The predicted octanol–water partition coefficient (Wildman–Crippen LogP) is 1.33. The third kappa shape index (κ3) is 5.32. The maximum Gasteiger partial charge on any atom is 0.245 e. The molecule has 0 aliphatic carbocycles. The van der Waals surface area contributed by atoms with E-state index in [4.69, 9.17) is 0 Å². The van der Waals surface area contributed by atoms with E-state index in [1.165, 1.54) is 33.2 Å². The van der Waals surface area contributed by atoms with Crippen molar-refractivity contribution in [3.63, 3.8) is 0 Å². The lowest BCUT2D eigenvalue weighted by Crippen LogP contribution is -3.13. The summed E-state index contributed by atoms with van der Waals surface area (Å²) in [5.74, 6) is 0.0823. The van der Waals surface area contributed by atoms with Crippen LogP contribution in [-0.2, 0) is 20.9 Å². The molecule has 3 rings (SSSR count). The van der Waals surface area contributed by atoms with Crippen LogP contribution in [0.2, 0.25) is 0 Å². The minimum absolute atomic E-state index is 0.0394. The van der Waals surface area contributed by atoms with Crippen molar-refractivity contribution in [2.24, 2.45) is 5.41 Å². The smallest absolute Gasteiger partial charge is 0.245 e. The van der Waals surface area contributed by atoms with Gasteiger partial charge in [0.1, 0.15) is 12.6 Å². The van der Waals surface area contributed by atoms with Gasteiger partial charge in [-0.15, -0.1) is 0 Å². The molecule has 0 radical (unpaired) electrons. The highest BCUT2D eigenvalue weighted by Gasteiger charge is 2.38. The Morgan fingerprint density at radius 3 is 2.40 bits per heavy atom. The molecule has 0 bridgehead atoms. The Bertz CT molecular complexity index is 824. The van der Waals surface area contributed by atoms with Gasteiger partial charge in [0.25, 0.3) is 0 Å². The zero-order valence-electron chi connectivity index (χ0n) is 18.3. The minimum Gasteiger partial charge on any atom is -0.330 e. The zero-order chi connectivity index (χ0) is 21.9. The lowest BCUT2D eigenvalue weighted by molar-refractivity contribution is -0.917. The first-order valence-corrected chi connectivity index (χ1v) is 11.5. The number of piperazine rings is 1. The third-order valence-corrected chi connectivity index (χ3v) is 6.67. The van der Waals surface area contributed by atoms with Crippen LogP contribution in [0.15, 0.2) is 41.4 Å². The molecule has 2 amide bonds. The average molecular weight is 431 g/mol. The highest BCUT2D eigenvalue weighted by molar-refractivity contribution is 8.04. The van der Waals surface area contributed by atoms with Crippen molar-refractivity contribution in [2.75, 3.05) is 31.9 Å². The van der Waals surface area contributed by atoms with Crippen LogP contribution in [0, 0.1) is 5.41 Å². The second kappa shape index (κ2) is 9.35. The van der Waals surface area contributed by atoms with Crippen LogP contribution >= 0.6 is 11.8 Å². The van der Waals surface area contributed by atoms with Gasteiger partial charge in [-0.25, -0.2) is 0 Å². The van der Waals surface area contributed by atoms with Crippen LogP contribution in [-0.4, -0.2) is 65.4 Å². The Balaban J connectivity index is 1.61. The molecule has 0 saturated carbocycles. The summed E-state index contributed by atoms with van der Waals surface area (Å²) in [6.45, 7) is 11.4. The Hall–Kier alpha value is -2.12. The number of hydrogen-bond acceptors (Lipinski definition) is 4. The Labute approximate surface area is 183 Å². The van der Waals surface area contributed by atoms with Crippen molar-refractivity contribution in [3.05, 3.63) is 47.0 Å². The molecule has 1 aromatic rings. The van der Waals surface area contributed by atoms with Crippen LogP contribution < -0.4 is 4.90 Å². The fourth-order valence-corrected chi connectivity index (χ4v) is 4.72. The van der Waals surface area contributed by atoms with Gasteiger partial charge in [-0.2, -0.15) is 0 Å². The van der Waals surface area contributed by atoms with Gasteiger partial charge in [0.05, 0.1) is 37.0 Å². The largest absolute Gasteiger partial charge is 0.330 e. The summed E-state index contributed by atoms with van der Waals surface area (Å²) >= 11 is 1.34. The molecule has 1 atom stereocenters. The number of carbonyl (C=O) groups excluding carboxylic acids is 3. The van der Waals surface area contributed by atoms with E-state index in [-0.39, 0.29) is 23.4 Å². The summed E-state index contributed by atoms with van der Waals surface area (Å²) in [6, 6.07) is 9.80. The van der Waals surface area contributed by atoms with E-state index in [0.717, 1.165) is 19.6 Å². The molecular weight excluding hydrogens is 398 g/mol. The molecule has 162 valence electrons. The molecular formula is C23H32N3O3S+. The number of ketones is 1. The number of carbonyl (C=O) groups is 3. The lowest BCUT2D eigenvalue weighted by Gasteiger charge is -2.35. The molecule has 0 spiro atoms. The normalized spacial score (nSPS) is 20.7. The summed E-state index contributed by atoms with van der Waals surface area (Å²) in [5.41, 5.74) is 0.786. The summed E-state index contributed by atoms with van der Waals surface area (Å²) in [6.07, 6.45) is 1.53. The molecule has 30 heavy (non-hydrogen) atoms. The van der Waals surface area contributed by atoms with Crippen LogP contribution in [0.25, 0.3) is 0 Å². The lowest BCUT2D eigenvalue weighted by atomic mass is 9.91. The number of quaternary nitrogens is 1. The topological polar surface area (TPSA) is 62.1 Å². The van der Waals surface area contributed by atoms with E-state index >= 15 is 0 Å². The molecule has 2 aliphatic heterocycles. The van der Waals surface area contributed by atoms with Crippen LogP contribution in [0.1, 0.15) is 33.3 Å². The number of allylic oxidation sites excluding steroid dienone is 1. The van der Waals surface area contributed by atoms with E-state index in [1.807, 2.05) is 31.7 Å². The maximum atomic E-state index is 13.1. The van der Waals surface area contributed by atoms with Crippen LogP contribution in [0.3, 0.4) is 0 Å². The summed E-state index contributed by atoms with van der Waals surface area (Å²) in [5, 5.41) is 0.592. The molecule has 0 unspecified atom stereocenters. The Kier molecular flexibility index (Phi) is 7.03. The van der Waals surface area contributed by atoms with Crippen molar-refractivity contribution in [3.8, 4) is 0 Å². The van der Waals surface area contributed by atoms with Crippen molar-refractivity contribution in [1.82, 2.24) is 9.80 Å². The van der Waals surface area contributed by atoms with Gasteiger partial charge in [0.2, 0.25) is 11.8 Å². The summed E-state index contributed by atoms with van der Waals surface area (Å²) in [7, 11) is 0. The quantitative estimate of drug-likeness (QED) is 0.716. The second-order valence-corrected chi connectivity index (χ2v) is 10.1. The Morgan fingerprint density at radius 1 is 1.17 bits per heavy atom. The number of amides is 2. The first-order valence-electron chi connectivity index (χ1n) is 10.5. The average Bonchev–Trinajstić information content (AvgIpc) is 3.07. The zero-order valence-corrected chi connectivity index (χ0v) is 19.1. The number of thioether (sulfide) groups is 1. The monoisotopic (exact) mass is 430 g/mol. The van der Waals surface area contributed by atoms with Crippen molar-refractivity contribution < 1.29 is 19.3 Å². The van der Waals surface area contributed by atoms with Gasteiger partial charge in [-0.3, -0.25) is 19.3 Å². The highest BCUT2D eigenvalue weighted by atomic mass is 32.2. The molecule has 2 saturated heterocycles. The van der Waals surface area contributed by atoms with Crippen LogP contribution in [0.4, 0.5) is 0 Å². The van der Waals surface area contributed by atoms with E-state index in [1.54, 1.807) is 6.92 Å². The van der Waals surface area contributed by atoms with Crippen molar-refractivity contribution in [1.29, 1.82) is 0 Å². The first kappa shape index (κ1) is 22.6. The van der Waals surface area contributed by atoms with Gasteiger partial charge in [0, 0.05) is 17.1 Å². The molecule has 0 aromatic heterocycles. The van der Waals surface area contributed by atoms with E-state index < -0.39 is 11.5 Å². The van der Waals surface area contributed by atoms with Crippen LogP contribution in [0.5, 0.6) is 0 Å². The predicted molar refractivity (Wildman–Crippen MR) is 119 cm³/mol. The van der Waals surface area contributed by atoms with E-state index in [2.05, 4.69) is 24.3 Å². The van der Waals surface area contributed by atoms with Gasteiger partial charge < -0.3 is 9.80 Å². The van der Waals surface area contributed by atoms with Gasteiger partial charge in [-0.05, 0) is 6.92 Å². The standard InChI is InChI=1S/C23H31N3O3S/c1-17(26-20(28)16-30-21(26)14-19(27)23(2,3)4)22(29)25-12-10-24(11-13-25)15-18-8-6-5-7-9-18/h5-9,14,17H,10-13,15-16H2,1-4H3/p+1/b21-14-/t17-/m0/s1. The molecule has 7 heteroatoms. The molecule has 2 aliphatic rings. The molecule has 1 aromatic carbocycles. The fourth-order valence-electron chi connectivity index (χ4n) is 3.72. The number of nitrogens with zero attached hydrogens (tertiary/aromatic N) is 2. The maximum absolute atomic E-state index is 13.1. The fraction of sp³-hybridized carbons (Fsp3) is 0.522. The van der Waals surface area contributed by atoms with Gasteiger partial charge in [-0.1, -0.05) is 62.9 Å². The first-order chi connectivity index (χ1) is 14.2. The van der Waals surface area contributed by atoms with E-state index in [0.29, 0.717) is 18.1 Å². The highest BCUT2D eigenvalue weighted by Crippen LogP contribution is 2.32. The SMILES string of the molecule is C[C@@H](C(=O)N1CC[NH+](Cc2ccccc2)CC1)N1C(=O)CS/C1=C\C(=O)C(C)(C)C. The minimum atomic E-state index is -0.595. The van der Waals surface area contributed by atoms with Crippen molar-refractivity contribution >= 4 is 29.4 Å². The molecule has 2 fully saturated rings. The number of benzene rings is 1. The molecule has 6 nitrogen and oxygen atoms in total. The summed E-state index contributed by atoms with van der Waals surface area (Å²) in [4.78, 5) is 42.9. The van der Waals surface area contributed by atoms with Gasteiger partial charge >= 0.3 is 0 Å². The van der Waals surface area contributed by atoms with Crippen molar-refractivity contribution in [2.45, 2.75) is 40.3 Å². The number of nitrogens with one attached hydrogen (secondary N) is 1.